The maximum atomic E-state index is 12.6. The van der Waals surface area contributed by atoms with Gasteiger partial charge in [-0.05, 0) is 45.1 Å². The second kappa shape index (κ2) is 8.42. The predicted octanol–water partition coefficient (Wildman–Crippen LogP) is 1.18. The van der Waals surface area contributed by atoms with E-state index < -0.39 is 0 Å². The van der Waals surface area contributed by atoms with E-state index in [0.717, 1.165) is 76.8 Å². The molecule has 0 unspecified atom stereocenters. The molecule has 0 aromatic carbocycles. The zero-order valence-corrected chi connectivity index (χ0v) is 16.0. The molecule has 1 aliphatic carbocycles. The summed E-state index contributed by atoms with van der Waals surface area (Å²) in [6.07, 6.45) is 10.6. The van der Waals surface area contributed by atoms with Gasteiger partial charge in [-0.3, -0.25) is 14.5 Å². The fourth-order valence-electron chi connectivity index (χ4n) is 4.48. The largest absolute Gasteiger partial charge is 0.355 e. The number of hydrogen-bond acceptors (Lipinski definition) is 4. The lowest BCUT2D eigenvalue weighted by molar-refractivity contribution is -0.134. The molecule has 0 spiro atoms. The molecule has 1 aromatic heterocycles. The monoisotopic (exact) mass is 373 g/mol. The highest BCUT2D eigenvalue weighted by atomic mass is 16.2. The molecular formula is C20H31N5O2. The highest BCUT2D eigenvalue weighted by molar-refractivity contribution is 5.81. The zero-order chi connectivity index (χ0) is 18.6. The Kier molecular flexibility index (Phi) is 5.76. The van der Waals surface area contributed by atoms with Crippen LogP contribution in [0.15, 0.2) is 12.5 Å². The van der Waals surface area contributed by atoms with Crippen LogP contribution in [0.4, 0.5) is 0 Å². The average molecular weight is 374 g/mol. The third kappa shape index (κ3) is 4.69. The van der Waals surface area contributed by atoms with Crippen LogP contribution < -0.4 is 5.32 Å². The quantitative estimate of drug-likeness (QED) is 0.785. The van der Waals surface area contributed by atoms with Crippen molar-refractivity contribution in [3.63, 3.8) is 0 Å². The van der Waals surface area contributed by atoms with E-state index in [-0.39, 0.29) is 11.8 Å². The van der Waals surface area contributed by atoms with Crippen LogP contribution in [0.3, 0.4) is 0 Å². The van der Waals surface area contributed by atoms with Crippen LogP contribution in [0, 0.1) is 11.8 Å². The van der Waals surface area contributed by atoms with Crippen molar-refractivity contribution in [2.24, 2.45) is 11.8 Å². The first-order chi connectivity index (χ1) is 13.2. The molecule has 27 heavy (non-hydrogen) atoms. The maximum absolute atomic E-state index is 12.6. The zero-order valence-electron chi connectivity index (χ0n) is 16.0. The number of aromatic amines is 1. The maximum Gasteiger partial charge on any atom is 0.225 e. The molecule has 7 heteroatoms. The molecule has 1 saturated carbocycles. The molecule has 2 N–H and O–H groups in total. The number of rotatable bonds is 6. The Morgan fingerprint density at radius 1 is 1.11 bits per heavy atom. The van der Waals surface area contributed by atoms with Crippen molar-refractivity contribution in [3.05, 3.63) is 18.2 Å². The molecule has 3 fully saturated rings. The van der Waals surface area contributed by atoms with E-state index >= 15 is 0 Å². The molecular weight excluding hydrogens is 342 g/mol. The van der Waals surface area contributed by atoms with Gasteiger partial charge in [-0.15, -0.1) is 0 Å². The molecule has 7 nitrogen and oxygen atoms in total. The molecule has 1 atom stereocenters. The van der Waals surface area contributed by atoms with Gasteiger partial charge in [0.05, 0.1) is 12.2 Å². The summed E-state index contributed by atoms with van der Waals surface area (Å²) in [5.41, 5.74) is 1.05. The van der Waals surface area contributed by atoms with Crippen molar-refractivity contribution >= 4 is 11.8 Å². The van der Waals surface area contributed by atoms with Crippen LogP contribution in [0.25, 0.3) is 0 Å². The number of carbonyl (C=O) groups is 2. The lowest BCUT2D eigenvalue weighted by Crippen LogP contribution is -2.51. The third-order valence-electron chi connectivity index (χ3n) is 6.29. The van der Waals surface area contributed by atoms with Gasteiger partial charge in [-0.25, -0.2) is 4.98 Å². The standard InChI is InChI=1S/C20H31N5O2/c26-19(22-8-5-17-12-21-14-23-17)16-2-1-9-25(13-16)18-6-10-24(11-7-18)20(27)15-3-4-15/h12,14-16,18H,1-11,13H2,(H,21,23)(H,22,26)/t16-/m0/s1. The van der Waals surface area contributed by atoms with Crippen molar-refractivity contribution in [2.75, 3.05) is 32.7 Å². The number of nitrogens with one attached hydrogen (secondary N) is 2. The van der Waals surface area contributed by atoms with E-state index in [9.17, 15) is 9.59 Å². The van der Waals surface area contributed by atoms with E-state index in [4.69, 9.17) is 0 Å². The minimum Gasteiger partial charge on any atom is -0.355 e. The molecule has 2 amide bonds. The second-order valence-corrected chi connectivity index (χ2v) is 8.28. The minimum absolute atomic E-state index is 0.0895. The average Bonchev–Trinajstić information content (AvgIpc) is 3.44. The number of aromatic nitrogens is 2. The van der Waals surface area contributed by atoms with Crippen LogP contribution >= 0.6 is 0 Å². The lowest BCUT2D eigenvalue weighted by Gasteiger charge is -2.42. The number of carbonyl (C=O) groups excluding carboxylic acids is 2. The van der Waals surface area contributed by atoms with E-state index in [1.54, 1.807) is 12.5 Å². The SMILES string of the molecule is O=C(NCCc1cnc[nH]1)[C@H]1CCCN(C2CCN(C(=O)C3CC3)CC2)C1. The summed E-state index contributed by atoms with van der Waals surface area (Å²) in [4.78, 5) is 36.4. The summed E-state index contributed by atoms with van der Waals surface area (Å²) >= 11 is 0. The summed E-state index contributed by atoms with van der Waals surface area (Å²) in [7, 11) is 0. The van der Waals surface area contributed by atoms with Crippen LogP contribution in [0.2, 0.25) is 0 Å². The van der Waals surface area contributed by atoms with Crippen LogP contribution in [-0.4, -0.2) is 70.3 Å². The van der Waals surface area contributed by atoms with E-state index in [0.29, 0.717) is 24.4 Å². The Hall–Kier alpha value is -1.89. The molecule has 3 aliphatic rings. The van der Waals surface area contributed by atoms with Gasteiger partial charge in [0, 0.05) is 56.5 Å². The van der Waals surface area contributed by atoms with Gasteiger partial charge in [0.15, 0.2) is 0 Å². The topological polar surface area (TPSA) is 81.3 Å². The Balaban J connectivity index is 1.20. The minimum atomic E-state index is 0.0895. The van der Waals surface area contributed by atoms with Gasteiger partial charge >= 0.3 is 0 Å². The summed E-state index contributed by atoms with van der Waals surface area (Å²) in [6.45, 7) is 4.37. The molecule has 0 bridgehead atoms. The molecule has 0 radical (unpaired) electrons. The lowest BCUT2D eigenvalue weighted by atomic mass is 9.93. The molecule has 1 aromatic rings. The van der Waals surface area contributed by atoms with Crippen molar-refractivity contribution in [1.82, 2.24) is 25.1 Å². The summed E-state index contributed by atoms with van der Waals surface area (Å²) < 4.78 is 0. The molecule has 3 heterocycles. The highest BCUT2D eigenvalue weighted by Gasteiger charge is 2.37. The van der Waals surface area contributed by atoms with Gasteiger partial charge in [-0.1, -0.05) is 0 Å². The van der Waals surface area contributed by atoms with Crippen molar-refractivity contribution in [2.45, 2.75) is 51.0 Å². The third-order valence-corrected chi connectivity index (χ3v) is 6.29. The number of H-pyrrole nitrogens is 1. The highest BCUT2D eigenvalue weighted by Crippen LogP contribution is 2.32. The Bertz CT molecular complexity index is 635. The van der Waals surface area contributed by atoms with Gasteiger partial charge in [-0.2, -0.15) is 0 Å². The van der Waals surface area contributed by atoms with Crippen molar-refractivity contribution in [3.8, 4) is 0 Å². The first-order valence-electron chi connectivity index (χ1n) is 10.5. The van der Waals surface area contributed by atoms with Gasteiger partial charge in [0.2, 0.25) is 11.8 Å². The Morgan fingerprint density at radius 3 is 2.63 bits per heavy atom. The summed E-state index contributed by atoms with van der Waals surface area (Å²) in [6, 6.07) is 0.522. The van der Waals surface area contributed by atoms with E-state index in [1.807, 2.05) is 0 Å². The molecule has 148 valence electrons. The smallest absolute Gasteiger partial charge is 0.225 e. The van der Waals surface area contributed by atoms with Gasteiger partial charge in [0.25, 0.3) is 0 Å². The summed E-state index contributed by atoms with van der Waals surface area (Å²) in [5.74, 6) is 0.972. The number of imidazole rings is 1. The number of piperidine rings is 2. The van der Waals surface area contributed by atoms with Crippen molar-refractivity contribution < 1.29 is 9.59 Å². The second-order valence-electron chi connectivity index (χ2n) is 8.28. The van der Waals surface area contributed by atoms with Crippen LogP contribution in [0.5, 0.6) is 0 Å². The van der Waals surface area contributed by atoms with Crippen LogP contribution in [-0.2, 0) is 16.0 Å². The van der Waals surface area contributed by atoms with E-state index in [1.165, 1.54) is 0 Å². The molecule has 2 aliphatic heterocycles. The molecule has 4 rings (SSSR count). The first-order valence-corrected chi connectivity index (χ1v) is 10.5. The number of hydrogen-bond donors (Lipinski definition) is 2. The Labute approximate surface area is 160 Å². The van der Waals surface area contributed by atoms with Crippen molar-refractivity contribution in [1.29, 1.82) is 0 Å². The first kappa shape index (κ1) is 18.5. The number of likely N-dealkylation sites (tertiary alicyclic amines) is 2. The van der Waals surface area contributed by atoms with Crippen LogP contribution in [0.1, 0.15) is 44.2 Å². The summed E-state index contributed by atoms with van der Waals surface area (Å²) in [5, 5.41) is 3.09. The number of amides is 2. The fourth-order valence-corrected chi connectivity index (χ4v) is 4.48. The molecule has 2 saturated heterocycles. The Morgan fingerprint density at radius 2 is 1.93 bits per heavy atom. The van der Waals surface area contributed by atoms with Gasteiger partial charge in [0.1, 0.15) is 0 Å². The fraction of sp³-hybridized carbons (Fsp3) is 0.750. The van der Waals surface area contributed by atoms with E-state index in [2.05, 4.69) is 25.1 Å². The predicted molar refractivity (Wildman–Crippen MR) is 102 cm³/mol. The normalized spacial score (nSPS) is 24.7. The number of nitrogens with zero attached hydrogens (tertiary/aromatic N) is 3. The van der Waals surface area contributed by atoms with Gasteiger partial charge < -0.3 is 15.2 Å².